The normalized spacial score (nSPS) is 11.3. The SMILES string of the molecule is c1ccc(-c2cc(-c3ccccc3)nc(-c3ccc(-n4c(-c5ccc6ccccc6c5)nc5ccccc54)cc3)n2)cc1. The van der Waals surface area contributed by atoms with E-state index in [1.54, 1.807) is 0 Å². The molecule has 0 N–H and O–H groups in total. The number of para-hydroxylation sites is 2. The zero-order valence-corrected chi connectivity index (χ0v) is 23.3. The fourth-order valence-corrected chi connectivity index (χ4v) is 5.66. The molecule has 4 nitrogen and oxygen atoms in total. The monoisotopic (exact) mass is 550 g/mol. The van der Waals surface area contributed by atoms with Crippen molar-refractivity contribution in [1.29, 1.82) is 0 Å². The molecule has 6 aromatic carbocycles. The van der Waals surface area contributed by atoms with Gasteiger partial charge in [0, 0.05) is 27.9 Å². The van der Waals surface area contributed by atoms with Crippen LogP contribution in [0.4, 0.5) is 0 Å². The van der Waals surface area contributed by atoms with Crippen LogP contribution in [-0.4, -0.2) is 19.5 Å². The molecule has 0 radical (unpaired) electrons. The van der Waals surface area contributed by atoms with Gasteiger partial charge in [-0.3, -0.25) is 4.57 Å². The van der Waals surface area contributed by atoms with Gasteiger partial charge < -0.3 is 0 Å². The summed E-state index contributed by atoms with van der Waals surface area (Å²) >= 11 is 0. The van der Waals surface area contributed by atoms with Gasteiger partial charge in [-0.2, -0.15) is 0 Å². The van der Waals surface area contributed by atoms with E-state index in [0.29, 0.717) is 5.82 Å². The first-order valence-corrected chi connectivity index (χ1v) is 14.4. The van der Waals surface area contributed by atoms with Crippen molar-refractivity contribution in [3.8, 4) is 51.0 Å². The third kappa shape index (κ3) is 4.65. The predicted molar refractivity (Wildman–Crippen MR) is 176 cm³/mol. The number of hydrogen-bond acceptors (Lipinski definition) is 3. The molecule has 4 heteroatoms. The number of hydrogen-bond donors (Lipinski definition) is 0. The Labute approximate surface area is 249 Å². The van der Waals surface area contributed by atoms with Crippen molar-refractivity contribution in [3.63, 3.8) is 0 Å². The molecule has 8 rings (SSSR count). The molecule has 0 aliphatic heterocycles. The minimum atomic E-state index is 0.692. The number of fused-ring (bicyclic) bond motifs is 2. The van der Waals surface area contributed by atoms with Gasteiger partial charge in [-0.1, -0.05) is 109 Å². The van der Waals surface area contributed by atoms with Crippen molar-refractivity contribution in [2.24, 2.45) is 0 Å². The molecule has 0 bridgehead atoms. The molecule has 0 saturated heterocycles. The average Bonchev–Trinajstić information content (AvgIpc) is 3.48. The Bertz CT molecular complexity index is 2160. The molecule has 0 fully saturated rings. The number of rotatable bonds is 5. The molecular formula is C39H26N4. The molecular weight excluding hydrogens is 524 g/mol. The van der Waals surface area contributed by atoms with Crippen molar-refractivity contribution in [2.45, 2.75) is 0 Å². The summed E-state index contributed by atoms with van der Waals surface area (Å²) in [6.45, 7) is 0. The summed E-state index contributed by atoms with van der Waals surface area (Å²) in [4.78, 5) is 15.1. The Morgan fingerprint density at radius 2 is 0.977 bits per heavy atom. The zero-order valence-electron chi connectivity index (χ0n) is 23.3. The smallest absolute Gasteiger partial charge is 0.160 e. The third-order valence-electron chi connectivity index (χ3n) is 7.82. The summed E-state index contributed by atoms with van der Waals surface area (Å²) in [6.07, 6.45) is 0. The highest BCUT2D eigenvalue weighted by Crippen LogP contribution is 2.32. The van der Waals surface area contributed by atoms with E-state index in [1.807, 2.05) is 42.5 Å². The minimum Gasteiger partial charge on any atom is -0.292 e. The van der Waals surface area contributed by atoms with Crippen LogP contribution in [0.15, 0.2) is 158 Å². The molecule has 0 atom stereocenters. The van der Waals surface area contributed by atoms with Crippen LogP contribution in [0.1, 0.15) is 0 Å². The molecule has 0 spiro atoms. The van der Waals surface area contributed by atoms with Gasteiger partial charge in [-0.05, 0) is 59.3 Å². The summed E-state index contributed by atoms with van der Waals surface area (Å²) in [5.41, 5.74) is 8.99. The lowest BCUT2D eigenvalue weighted by atomic mass is 10.1. The summed E-state index contributed by atoms with van der Waals surface area (Å²) in [6, 6.07) is 54.3. The lowest BCUT2D eigenvalue weighted by Gasteiger charge is -2.12. The largest absolute Gasteiger partial charge is 0.292 e. The van der Waals surface area contributed by atoms with Gasteiger partial charge in [-0.25, -0.2) is 15.0 Å². The summed E-state index contributed by atoms with van der Waals surface area (Å²) < 4.78 is 2.24. The molecule has 0 amide bonds. The van der Waals surface area contributed by atoms with E-state index in [0.717, 1.165) is 56.2 Å². The Hall–Kier alpha value is -5.87. The van der Waals surface area contributed by atoms with E-state index in [2.05, 4.69) is 120 Å². The van der Waals surface area contributed by atoms with E-state index in [1.165, 1.54) is 10.8 Å². The van der Waals surface area contributed by atoms with Gasteiger partial charge in [0.25, 0.3) is 0 Å². The van der Waals surface area contributed by atoms with Crippen LogP contribution in [0.5, 0.6) is 0 Å². The standard InChI is InChI=1S/C39H26N4/c1-3-12-28(13-4-1)35-26-36(29-14-5-2-6-15-29)41-38(40-35)30-21-23-33(24-22-30)43-37-18-10-9-17-34(37)42-39(43)32-20-19-27-11-7-8-16-31(27)25-32/h1-26H. The van der Waals surface area contributed by atoms with Crippen LogP contribution in [0.2, 0.25) is 0 Å². The second-order valence-electron chi connectivity index (χ2n) is 10.6. The number of benzene rings is 6. The Morgan fingerprint density at radius 1 is 0.395 bits per heavy atom. The van der Waals surface area contributed by atoms with E-state index in [9.17, 15) is 0 Å². The van der Waals surface area contributed by atoms with Crippen LogP contribution in [0, 0.1) is 0 Å². The minimum absolute atomic E-state index is 0.692. The van der Waals surface area contributed by atoms with Gasteiger partial charge in [0.05, 0.1) is 22.4 Å². The Morgan fingerprint density at radius 3 is 1.67 bits per heavy atom. The first-order valence-electron chi connectivity index (χ1n) is 14.4. The van der Waals surface area contributed by atoms with Gasteiger partial charge in [0.2, 0.25) is 0 Å². The maximum Gasteiger partial charge on any atom is 0.160 e. The summed E-state index contributed by atoms with van der Waals surface area (Å²) in [5.74, 6) is 1.60. The Kier molecular flexibility index (Phi) is 6.08. The van der Waals surface area contributed by atoms with Crippen molar-refractivity contribution < 1.29 is 0 Å². The molecule has 0 unspecified atom stereocenters. The zero-order chi connectivity index (χ0) is 28.6. The Balaban J connectivity index is 1.25. The lowest BCUT2D eigenvalue weighted by Crippen LogP contribution is -1.99. The number of nitrogens with zero attached hydrogens (tertiary/aromatic N) is 4. The van der Waals surface area contributed by atoms with Crippen LogP contribution >= 0.6 is 0 Å². The maximum absolute atomic E-state index is 5.08. The van der Waals surface area contributed by atoms with Crippen molar-refractivity contribution >= 4 is 21.8 Å². The molecule has 0 saturated carbocycles. The topological polar surface area (TPSA) is 43.6 Å². The third-order valence-corrected chi connectivity index (χ3v) is 7.82. The van der Waals surface area contributed by atoms with Crippen molar-refractivity contribution in [2.75, 3.05) is 0 Å². The molecule has 2 aromatic heterocycles. The van der Waals surface area contributed by atoms with E-state index < -0.39 is 0 Å². The second-order valence-corrected chi connectivity index (χ2v) is 10.6. The van der Waals surface area contributed by atoms with Crippen molar-refractivity contribution in [1.82, 2.24) is 19.5 Å². The molecule has 2 heterocycles. The summed E-state index contributed by atoms with van der Waals surface area (Å²) in [7, 11) is 0. The van der Waals surface area contributed by atoms with Crippen LogP contribution in [-0.2, 0) is 0 Å². The number of aromatic nitrogens is 4. The molecule has 8 aromatic rings. The highest BCUT2D eigenvalue weighted by atomic mass is 15.1. The first kappa shape index (κ1) is 24.9. The molecule has 202 valence electrons. The molecule has 43 heavy (non-hydrogen) atoms. The summed E-state index contributed by atoms with van der Waals surface area (Å²) in [5, 5.41) is 2.41. The predicted octanol–water partition coefficient (Wildman–Crippen LogP) is 9.64. The van der Waals surface area contributed by atoms with Crippen LogP contribution in [0.25, 0.3) is 72.8 Å². The second kappa shape index (κ2) is 10.5. The maximum atomic E-state index is 5.08. The first-order chi connectivity index (χ1) is 21.3. The van der Waals surface area contributed by atoms with Gasteiger partial charge in [0.15, 0.2) is 5.82 Å². The highest BCUT2D eigenvalue weighted by molar-refractivity contribution is 5.89. The lowest BCUT2D eigenvalue weighted by molar-refractivity contribution is 1.10. The van der Waals surface area contributed by atoms with Gasteiger partial charge in [-0.15, -0.1) is 0 Å². The molecule has 0 aliphatic carbocycles. The molecule has 0 aliphatic rings. The van der Waals surface area contributed by atoms with Crippen molar-refractivity contribution in [3.05, 3.63) is 158 Å². The van der Waals surface area contributed by atoms with Crippen LogP contribution < -0.4 is 0 Å². The average molecular weight is 551 g/mol. The van der Waals surface area contributed by atoms with E-state index in [-0.39, 0.29) is 0 Å². The van der Waals surface area contributed by atoms with E-state index >= 15 is 0 Å². The van der Waals surface area contributed by atoms with E-state index in [4.69, 9.17) is 15.0 Å². The number of imidazole rings is 1. The quantitative estimate of drug-likeness (QED) is 0.214. The van der Waals surface area contributed by atoms with Gasteiger partial charge >= 0.3 is 0 Å². The highest BCUT2D eigenvalue weighted by Gasteiger charge is 2.16. The van der Waals surface area contributed by atoms with Gasteiger partial charge in [0.1, 0.15) is 5.82 Å². The fourth-order valence-electron chi connectivity index (χ4n) is 5.66. The van der Waals surface area contributed by atoms with Crippen LogP contribution in [0.3, 0.4) is 0 Å². The fraction of sp³-hybridized carbons (Fsp3) is 0.